The fraction of sp³-hybridized carbons (Fsp3) is 0.261. The molecule has 0 spiro atoms. The monoisotopic (exact) mass is 408 g/mol. The lowest BCUT2D eigenvalue weighted by Gasteiger charge is -2.14. The Kier molecular flexibility index (Phi) is 6.51. The van der Waals surface area contributed by atoms with Crippen LogP contribution in [0.2, 0.25) is 0 Å². The van der Waals surface area contributed by atoms with Gasteiger partial charge >= 0.3 is 5.97 Å². The van der Waals surface area contributed by atoms with Crippen molar-refractivity contribution in [1.29, 1.82) is 0 Å². The van der Waals surface area contributed by atoms with Gasteiger partial charge in [-0.15, -0.1) is 0 Å². The van der Waals surface area contributed by atoms with Crippen molar-refractivity contribution in [3.63, 3.8) is 0 Å². The highest BCUT2D eigenvalue weighted by Gasteiger charge is 2.25. The number of carbonyl (C=O) groups excluding carboxylic acids is 2. The molecule has 1 aliphatic rings. The van der Waals surface area contributed by atoms with Gasteiger partial charge in [0, 0.05) is 19.7 Å². The van der Waals surface area contributed by atoms with Crippen LogP contribution in [-0.2, 0) is 14.3 Å². The number of benzene rings is 2. The zero-order valence-electron chi connectivity index (χ0n) is 17.5. The Bertz CT molecular complexity index is 1020. The molecule has 0 aliphatic carbocycles. The van der Waals surface area contributed by atoms with Gasteiger partial charge in [0.15, 0.2) is 23.8 Å². The Balaban J connectivity index is 1.85. The number of ether oxygens (including phenoxy) is 3. The molecular formula is C23H24N2O5. The van der Waals surface area contributed by atoms with Crippen molar-refractivity contribution in [3.8, 4) is 11.5 Å². The average molecular weight is 408 g/mol. The fourth-order valence-corrected chi connectivity index (χ4v) is 2.77. The zero-order chi connectivity index (χ0) is 21.7. The van der Waals surface area contributed by atoms with Gasteiger partial charge in [-0.05, 0) is 49.2 Å². The number of esters is 1. The molecule has 3 rings (SSSR count). The first-order valence-corrected chi connectivity index (χ1v) is 9.57. The molecule has 0 atom stereocenters. The van der Waals surface area contributed by atoms with Gasteiger partial charge in [-0.3, -0.25) is 4.79 Å². The minimum atomic E-state index is -0.511. The molecule has 156 valence electrons. The van der Waals surface area contributed by atoms with Crippen LogP contribution in [0.25, 0.3) is 6.08 Å². The summed E-state index contributed by atoms with van der Waals surface area (Å²) in [6, 6.07) is 12.8. The van der Waals surface area contributed by atoms with Crippen LogP contribution >= 0.6 is 0 Å². The second kappa shape index (κ2) is 9.26. The van der Waals surface area contributed by atoms with Crippen molar-refractivity contribution in [2.24, 2.45) is 4.99 Å². The van der Waals surface area contributed by atoms with E-state index in [-0.39, 0.29) is 24.1 Å². The van der Waals surface area contributed by atoms with Crippen molar-refractivity contribution in [1.82, 2.24) is 4.90 Å². The molecule has 7 heteroatoms. The van der Waals surface area contributed by atoms with E-state index >= 15 is 0 Å². The number of rotatable bonds is 7. The molecule has 0 aromatic heterocycles. The van der Waals surface area contributed by atoms with E-state index in [0.717, 1.165) is 11.1 Å². The van der Waals surface area contributed by atoms with Crippen molar-refractivity contribution < 1.29 is 23.8 Å². The summed E-state index contributed by atoms with van der Waals surface area (Å²) in [4.78, 5) is 29.9. The smallest absolute Gasteiger partial charge is 0.363 e. The van der Waals surface area contributed by atoms with E-state index in [4.69, 9.17) is 14.2 Å². The third-order valence-corrected chi connectivity index (χ3v) is 4.42. The molecule has 0 unspecified atom stereocenters. The molecule has 2 aromatic rings. The van der Waals surface area contributed by atoms with Crippen LogP contribution in [0.5, 0.6) is 11.5 Å². The van der Waals surface area contributed by atoms with E-state index in [1.165, 1.54) is 4.90 Å². The molecule has 0 radical (unpaired) electrons. The van der Waals surface area contributed by atoms with Crippen LogP contribution in [-0.4, -0.2) is 50.0 Å². The Morgan fingerprint density at radius 2 is 1.90 bits per heavy atom. The number of hydrogen-bond acceptors (Lipinski definition) is 6. The predicted molar refractivity (Wildman–Crippen MR) is 114 cm³/mol. The van der Waals surface area contributed by atoms with Crippen molar-refractivity contribution in [2.45, 2.75) is 13.8 Å². The van der Waals surface area contributed by atoms with E-state index in [0.29, 0.717) is 23.7 Å². The summed E-state index contributed by atoms with van der Waals surface area (Å²) < 4.78 is 16.6. The summed E-state index contributed by atoms with van der Waals surface area (Å²) >= 11 is 0. The van der Waals surface area contributed by atoms with E-state index in [9.17, 15) is 9.59 Å². The number of aryl methyl sites for hydroxylation is 1. The summed E-state index contributed by atoms with van der Waals surface area (Å²) in [5.41, 5.74) is 2.65. The predicted octanol–water partition coefficient (Wildman–Crippen LogP) is 3.21. The first-order chi connectivity index (χ1) is 14.4. The van der Waals surface area contributed by atoms with Gasteiger partial charge in [-0.2, -0.15) is 0 Å². The Labute approximate surface area is 175 Å². The SMILES string of the molecule is CCOc1cc(/C=C2/N=C(c3ccccc3C)OC2=O)ccc1OCC(=O)N(C)C. The molecule has 0 fully saturated rings. The molecule has 1 heterocycles. The Morgan fingerprint density at radius 3 is 2.60 bits per heavy atom. The van der Waals surface area contributed by atoms with Gasteiger partial charge in [0.25, 0.3) is 5.91 Å². The number of likely N-dealkylation sites (N-methyl/N-ethyl adjacent to an activating group) is 1. The van der Waals surface area contributed by atoms with Gasteiger partial charge in [0.2, 0.25) is 5.90 Å². The minimum absolute atomic E-state index is 0.0933. The molecule has 7 nitrogen and oxygen atoms in total. The van der Waals surface area contributed by atoms with Crippen LogP contribution in [0.15, 0.2) is 53.2 Å². The summed E-state index contributed by atoms with van der Waals surface area (Å²) in [5.74, 6) is 0.551. The fourth-order valence-electron chi connectivity index (χ4n) is 2.77. The van der Waals surface area contributed by atoms with Crippen LogP contribution in [0.1, 0.15) is 23.6 Å². The maximum atomic E-state index is 12.3. The summed E-state index contributed by atoms with van der Waals surface area (Å²) in [6.07, 6.45) is 1.63. The topological polar surface area (TPSA) is 77.4 Å². The van der Waals surface area contributed by atoms with Crippen molar-refractivity contribution >= 4 is 23.9 Å². The summed E-state index contributed by atoms with van der Waals surface area (Å²) in [6.45, 7) is 4.12. The quantitative estimate of drug-likeness (QED) is 0.519. The Hall–Kier alpha value is -3.61. The summed E-state index contributed by atoms with van der Waals surface area (Å²) in [7, 11) is 3.33. The zero-order valence-corrected chi connectivity index (χ0v) is 17.5. The third-order valence-electron chi connectivity index (χ3n) is 4.42. The van der Waals surface area contributed by atoms with Crippen LogP contribution in [0.4, 0.5) is 0 Å². The molecule has 0 bridgehead atoms. The standard InChI is InChI=1S/C23H24N2O5/c1-5-28-20-13-16(10-11-19(20)29-14-21(26)25(3)4)12-18-23(27)30-22(24-18)17-9-7-6-8-15(17)2/h6-13H,5,14H2,1-4H3/b18-12+. The average Bonchev–Trinajstić information content (AvgIpc) is 3.07. The third kappa shape index (κ3) is 4.86. The highest BCUT2D eigenvalue weighted by atomic mass is 16.6. The van der Waals surface area contributed by atoms with Crippen LogP contribution < -0.4 is 9.47 Å². The normalized spacial score (nSPS) is 14.3. The van der Waals surface area contributed by atoms with E-state index in [1.54, 1.807) is 38.4 Å². The number of nitrogens with zero attached hydrogens (tertiary/aromatic N) is 2. The summed E-state index contributed by atoms with van der Waals surface area (Å²) in [5, 5.41) is 0. The molecule has 1 aliphatic heterocycles. The lowest BCUT2D eigenvalue weighted by atomic mass is 10.1. The van der Waals surface area contributed by atoms with Crippen LogP contribution in [0.3, 0.4) is 0 Å². The number of hydrogen-bond donors (Lipinski definition) is 0. The Morgan fingerprint density at radius 1 is 1.13 bits per heavy atom. The minimum Gasteiger partial charge on any atom is -0.490 e. The maximum Gasteiger partial charge on any atom is 0.363 e. The van der Waals surface area contributed by atoms with E-state index < -0.39 is 5.97 Å². The number of aliphatic imine (C=N–C) groups is 1. The molecule has 1 amide bonds. The lowest BCUT2D eigenvalue weighted by molar-refractivity contribution is -0.131. The van der Waals surface area contributed by atoms with Crippen LogP contribution in [0, 0.1) is 6.92 Å². The van der Waals surface area contributed by atoms with Crippen molar-refractivity contribution in [2.75, 3.05) is 27.3 Å². The largest absolute Gasteiger partial charge is 0.490 e. The second-order valence-electron chi connectivity index (χ2n) is 6.87. The first kappa shape index (κ1) is 21.1. The first-order valence-electron chi connectivity index (χ1n) is 9.57. The molecule has 2 aromatic carbocycles. The van der Waals surface area contributed by atoms with Gasteiger partial charge in [0.1, 0.15) is 0 Å². The van der Waals surface area contributed by atoms with Crippen molar-refractivity contribution in [3.05, 3.63) is 64.9 Å². The molecule has 0 N–H and O–H groups in total. The maximum absolute atomic E-state index is 12.3. The molecule has 0 saturated carbocycles. The van der Waals surface area contributed by atoms with Gasteiger partial charge in [0.05, 0.1) is 6.61 Å². The number of carbonyl (C=O) groups is 2. The van der Waals surface area contributed by atoms with Gasteiger partial charge in [-0.1, -0.05) is 24.3 Å². The van der Waals surface area contributed by atoms with E-state index in [1.807, 2.05) is 38.1 Å². The molecule has 30 heavy (non-hydrogen) atoms. The van der Waals surface area contributed by atoms with Gasteiger partial charge in [-0.25, -0.2) is 9.79 Å². The lowest BCUT2D eigenvalue weighted by Crippen LogP contribution is -2.27. The molecular weight excluding hydrogens is 384 g/mol. The highest BCUT2D eigenvalue weighted by molar-refractivity contribution is 6.13. The highest BCUT2D eigenvalue weighted by Crippen LogP contribution is 2.30. The number of cyclic esters (lactones) is 1. The molecule has 0 saturated heterocycles. The van der Waals surface area contributed by atoms with E-state index in [2.05, 4.69) is 4.99 Å². The number of amides is 1. The van der Waals surface area contributed by atoms with Gasteiger partial charge < -0.3 is 19.1 Å². The second-order valence-corrected chi connectivity index (χ2v) is 6.87.